The van der Waals surface area contributed by atoms with Gasteiger partial charge in [-0.25, -0.2) is 9.18 Å². The van der Waals surface area contributed by atoms with Crippen molar-refractivity contribution in [2.45, 2.75) is 5.33 Å². The van der Waals surface area contributed by atoms with Crippen LogP contribution in [-0.4, -0.2) is 20.2 Å². The fourth-order valence-electron chi connectivity index (χ4n) is 1.32. The Morgan fingerprint density at radius 2 is 2.12 bits per heavy atom. The minimum absolute atomic E-state index is 0.112. The van der Waals surface area contributed by atoms with E-state index in [4.69, 9.17) is 4.74 Å². The van der Waals surface area contributed by atoms with Crippen molar-refractivity contribution in [1.82, 2.24) is 0 Å². The Morgan fingerprint density at radius 1 is 1.50 bits per heavy atom. The number of hydrogen-bond donors (Lipinski definition) is 0. The van der Waals surface area contributed by atoms with Gasteiger partial charge in [-0.2, -0.15) is 0 Å². The molecular formula is C10H9Br2FO3. The smallest absolute Gasteiger partial charge is 0.341 e. The van der Waals surface area contributed by atoms with Gasteiger partial charge in [-0.15, -0.1) is 0 Å². The van der Waals surface area contributed by atoms with Crippen LogP contribution in [0.15, 0.2) is 10.5 Å². The fourth-order valence-corrected chi connectivity index (χ4v) is 2.46. The molecule has 0 radical (unpaired) electrons. The quantitative estimate of drug-likeness (QED) is 0.616. The number of hydrogen-bond acceptors (Lipinski definition) is 3. The van der Waals surface area contributed by atoms with Gasteiger partial charge in [0.2, 0.25) is 0 Å². The summed E-state index contributed by atoms with van der Waals surface area (Å²) in [6.07, 6.45) is 0. The molecule has 1 rings (SSSR count). The third-order valence-electron chi connectivity index (χ3n) is 2.01. The van der Waals surface area contributed by atoms with Crippen LogP contribution in [0.25, 0.3) is 0 Å². The van der Waals surface area contributed by atoms with Crippen LogP contribution in [0.5, 0.6) is 5.75 Å². The molecular weight excluding hydrogens is 347 g/mol. The molecule has 0 N–H and O–H groups in total. The molecule has 0 heterocycles. The molecule has 0 atom stereocenters. The second-order valence-electron chi connectivity index (χ2n) is 2.85. The molecule has 0 amide bonds. The van der Waals surface area contributed by atoms with Crippen molar-refractivity contribution in [2.75, 3.05) is 14.2 Å². The second-order valence-corrected chi connectivity index (χ2v) is 4.27. The molecule has 88 valence electrons. The molecule has 0 aliphatic heterocycles. The molecule has 0 saturated heterocycles. The molecule has 0 aromatic heterocycles. The van der Waals surface area contributed by atoms with E-state index in [1.165, 1.54) is 20.3 Å². The Balaban J connectivity index is 3.52. The first-order chi connectivity index (χ1) is 7.56. The number of alkyl halides is 1. The summed E-state index contributed by atoms with van der Waals surface area (Å²) in [5.41, 5.74) is 0.306. The predicted octanol–water partition coefficient (Wildman–Crippen LogP) is 3.28. The summed E-state index contributed by atoms with van der Waals surface area (Å²) in [4.78, 5) is 11.4. The van der Waals surface area contributed by atoms with Gasteiger partial charge in [-0.1, -0.05) is 15.9 Å². The third kappa shape index (κ3) is 2.38. The Labute approximate surface area is 109 Å². The molecule has 0 bridgehead atoms. The summed E-state index contributed by atoms with van der Waals surface area (Å²) in [5.74, 6) is -0.953. The van der Waals surface area contributed by atoms with E-state index in [2.05, 4.69) is 36.6 Å². The number of halogens is 3. The van der Waals surface area contributed by atoms with Gasteiger partial charge < -0.3 is 9.47 Å². The minimum atomic E-state index is -0.724. The maximum Gasteiger partial charge on any atom is 0.341 e. The molecule has 0 fully saturated rings. The topological polar surface area (TPSA) is 35.5 Å². The van der Waals surface area contributed by atoms with Gasteiger partial charge >= 0.3 is 5.97 Å². The first-order valence-corrected chi connectivity index (χ1v) is 6.17. The van der Waals surface area contributed by atoms with Crippen molar-refractivity contribution in [1.29, 1.82) is 0 Å². The lowest BCUT2D eigenvalue weighted by Gasteiger charge is -2.13. The van der Waals surface area contributed by atoms with E-state index in [0.29, 0.717) is 15.8 Å². The average molecular weight is 356 g/mol. The number of ether oxygens (including phenoxy) is 2. The van der Waals surface area contributed by atoms with Crippen molar-refractivity contribution < 1.29 is 18.7 Å². The average Bonchev–Trinajstić information content (AvgIpc) is 2.27. The van der Waals surface area contributed by atoms with E-state index in [9.17, 15) is 9.18 Å². The van der Waals surface area contributed by atoms with Crippen LogP contribution in [0.1, 0.15) is 15.9 Å². The lowest BCUT2D eigenvalue weighted by Crippen LogP contribution is -2.10. The summed E-state index contributed by atoms with van der Waals surface area (Å²) in [6.45, 7) is 0. The number of methoxy groups -OCH3 is 2. The van der Waals surface area contributed by atoms with Crippen LogP contribution in [0.4, 0.5) is 4.39 Å². The van der Waals surface area contributed by atoms with E-state index < -0.39 is 11.8 Å². The highest BCUT2D eigenvalue weighted by molar-refractivity contribution is 9.10. The highest BCUT2D eigenvalue weighted by Crippen LogP contribution is 2.35. The van der Waals surface area contributed by atoms with Gasteiger partial charge in [0.05, 0.1) is 18.7 Å². The van der Waals surface area contributed by atoms with Crippen LogP contribution < -0.4 is 4.74 Å². The van der Waals surface area contributed by atoms with Crippen molar-refractivity contribution in [3.63, 3.8) is 0 Å². The summed E-state index contributed by atoms with van der Waals surface area (Å²) in [6, 6.07) is 1.18. The zero-order valence-corrected chi connectivity index (χ0v) is 11.8. The van der Waals surface area contributed by atoms with Crippen LogP contribution >= 0.6 is 31.9 Å². The molecule has 16 heavy (non-hydrogen) atoms. The van der Waals surface area contributed by atoms with Gasteiger partial charge in [0, 0.05) is 10.9 Å². The van der Waals surface area contributed by atoms with Gasteiger partial charge in [0.15, 0.2) is 0 Å². The molecule has 0 aliphatic carbocycles. The Kier molecular flexibility index (Phi) is 4.73. The minimum Gasteiger partial charge on any atom is -0.495 e. The van der Waals surface area contributed by atoms with Crippen molar-refractivity contribution in [3.05, 3.63) is 27.5 Å². The van der Waals surface area contributed by atoms with Crippen LogP contribution in [-0.2, 0) is 10.1 Å². The Morgan fingerprint density at radius 3 is 2.56 bits per heavy atom. The van der Waals surface area contributed by atoms with Crippen molar-refractivity contribution in [3.8, 4) is 5.75 Å². The van der Waals surface area contributed by atoms with Gasteiger partial charge in [0.25, 0.3) is 0 Å². The molecule has 0 aliphatic rings. The zero-order valence-electron chi connectivity index (χ0n) is 8.64. The number of carbonyl (C=O) groups is 1. The number of esters is 1. The van der Waals surface area contributed by atoms with Crippen LogP contribution in [0.2, 0.25) is 0 Å². The lowest BCUT2D eigenvalue weighted by atomic mass is 10.1. The molecule has 3 nitrogen and oxygen atoms in total. The van der Waals surface area contributed by atoms with Crippen molar-refractivity contribution >= 4 is 37.8 Å². The van der Waals surface area contributed by atoms with Crippen LogP contribution in [0.3, 0.4) is 0 Å². The van der Waals surface area contributed by atoms with Gasteiger partial charge in [0.1, 0.15) is 17.1 Å². The van der Waals surface area contributed by atoms with Crippen molar-refractivity contribution in [2.24, 2.45) is 0 Å². The first-order valence-electron chi connectivity index (χ1n) is 4.25. The standard InChI is InChI=1S/C10H9Br2FO3/c1-15-9-5(4-11)8(10(14)16-2)7(13)3-6(9)12/h3H,4H2,1-2H3. The van der Waals surface area contributed by atoms with E-state index >= 15 is 0 Å². The molecule has 0 spiro atoms. The summed E-state index contributed by atoms with van der Waals surface area (Å²) in [7, 11) is 2.65. The third-order valence-corrected chi connectivity index (χ3v) is 3.16. The summed E-state index contributed by atoms with van der Waals surface area (Å²) >= 11 is 6.36. The van der Waals surface area contributed by atoms with E-state index in [0.717, 1.165) is 0 Å². The maximum absolute atomic E-state index is 13.6. The normalized spacial score (nSPS) is 10.1. The maximum atomic E-state index is 13.6. The first kappa shape index (κ1) is 13.4. The molecule has 0 unspecified atom stereocenters. The van der Waals surface area contributed by atoms with E-state index in [1.54, 1.807) is 0 Å². The van der Waals surface area contributed by atoms with Gasteiger partial charge in [-0.05, 0) is 22.0 Å². The number of carbonyl (C=O) groups excluding carboxylic acids is 1. The Hall–Kier alpha value is -0.620. The fraction of sp³-hybridized carbons (Fsp3) is 0.300. The Bertz CT molecular complexity index is 421. The number of rotatable bonds is 3. The molecule has 6 heteroatoms. The van der Waals surface area contributed by atoms with E-state index in [-0.39, 0.29) is 10.9 Å². The molecule has 1 aromatic rings. The highest BCUT2D eigenvalue weighted by Gasteiger charge is 2.23. The number of benzene rings is 1. The zero-order chi connectivity index (χ0) is 12.3. The van der Waals surface area contributed by atoms with E-state index in [1.807, 2.05) is 0 Å². The largest absolute Gasteiger partial charge is 0.495 e. The molecule has 1 aromatic carbocycles. The lowest BCUT2D eigenvalue weighted by molar-refractivity contribution is 0.0594. The summed E-state index contributed by atoms with van der Waals surface area (Å²) in [5, 5.41) is 0.289. The highest BCUT2D eigenvalue weighted by atomic mass is 79.9. The van der Waals surface area contributed by atoms with Crippen LogP contribution in [0, 0.1) is 5.82 Å². The molecule has 0 saturated carbocycles. The second kappa shape index (κ2) is 5.63. The summed E-state index contributed by atoms with van der Waals surface area (Å²) < 4.78 is 23.7. The SMILES string of the molecule is COC(=O)c1c(F)cc(Br)c(OC)c1CBr. The van der Waals surface area contributed by atoms with Gasteiger partial charge in [-0.3, -0.25) is 0 Å². The monoisotopic (exact) mass is 354 g/mol. The predicted molar refractivity (Wildman–Crippen MR) is 64.6 cm³/mol.